The molecular formula is C19H19NO3. The maximum absolute atomic E-state index is 12.2. The summed E-state index contributed by atoms with van der Waals surface area (Å²) in [5, 5.41) is 4.01. The SMILES string of the molecule is COc1cccc(CC(=O)N[C@H](C)c2cc3ccccc3o2)c1. The van der Waals surface area contributed by atoms with Crippen LogP contribution < -0.4 is 10.1 Å². The van der Waals surface area contributed by atoms with Crippen LogP contribution in [0.25, 0.3) is 11.0 Å². The first-order valence-electron chi connectivity index (χ1n) is 7.56. The smallest absolute Gasteiger partial charge is 0.225 e. The Morgan fingerprint density at radius 2 is 2.00 bits per heavy atom. The van der Waals surface area contributed by atoms with E-state index in [1.807, 2.05) is 61.5 Å². The Morgan fingerprint density at radius 1 is 1.17 bits per heavy atom. The Labute approximate surface area is 135 Å². The number of ether oxygens (including phenoxy) is 1. The van der Waals surface area contributed by atoms with Gasteiger partial charge in [0.15, 0.2) is 0 Å². The summed E-state index contributed by atoms with van der Waals surface area (Å²) in [6, 6.07) is 17.1. The summed E-state index contributed by atoms with van der Waals surface area (Å²) in [5.74, 6) is 1.46. The van der Waals surface area contributed by atoms with Crippen LogP contribution in [0.4, 0.5) is 0 Å². The second-order valence-corrected chi connectivity index (χ2v) is 5.50. The van der Waals surface area contributed by atoms with Gasteiger partial charge in [0.1, 0.15) is 17.1 Å². The molecule has 4 nitrogen and oxygen atoms in total. The van der Waals surface area contributed by atoms with Gasteiger partial charge in [-0.15, -0.1) is 0 Å². The van der Waals surface area contributed by atoms with Crippen LogP contribution in [0.2, 0.25) is 0 Å². The zero-order chi connectivity index (χ0) is 16.2. The summed E-state index contributed by atoms with van der Waals surface area (Å²) in [6.45, 7) is 1.92. The van der Waals surface area contributed by atoms with Crippen LogP contribution in [0.5, 0.6) is 5.75 Å². The van der Waals surface area contributed by atoms with E-state index in [-0.39, 0.29) is 11.9 Å². The van der Waals surface area contributed by atoms with Crippen molar-refractivity contribution in [2.24, 2.45) is 0 Å². The normalized spacial score (nSPS) is 12.1. The number of benzene rings is 2. The molecule has 1 atom stereocenters. The third-order valence-electron chi connectivity index (χ3n) is 3.75. The highest BCUT2D eigenvalue weighted by molar-refractivity contribution is 5.80. The third kappa shape index (κ3) is 3.54. The quantitative estimate of drug-likeness (QED) is 0.778. The van der Waals surface area contributed by atoms with Crippen LogP contribution in [-0.2, 0) is 11.2 Å². The molecule has 0 fully saturated rings. The van der Waals surface area contributed by atoms with Crippen LogP contribution in [-0.4, -0.2) is 13.0 Å². The molecule has 0 radical (unpaired) electrons. The molecule has 2 aromatic carbocycles. The summed E-state index contributed by atoms with van der Waals surface area (Å²) in [4.78, 5) is 12.2. The second-order valence-electron chi connectivity index (χ2n) is 5.50. The third-order valence-corrected chi connectivity index (χ3v) is 3.75. The van der Waals surface area contributed by atoms with E-state index >= 15 is 0 Å². The monoisotopic (exact) mass is 309 g/mol. The van der Waals surface area contributed by atoms with E-state index in [0.29, 0.717) is 6.42 Å². The number of para-hydroxylation sites is 1. The lowest BCUT2D eigenvalue weighted by molar-refractivity contribution is -0.121. The van der Waals surface area contributed by atoms with Crippen molar-refractivity contribution in [2.45, 2.75) is 19.4 Å². The lowest BCUT2D eigenvalue weighted by Crippen LogP contribution is -2.27. The molecule has 3 rings (SSSR count). The predicted molar refractivity (Wildman–Crippen MR) is 89.5 cm³/mol. The van der Waals surface area contributed by atoms with Gasteiger partial charge in [-0.1, -0.05) is 30.3 Å². The Hall–Kier alpha value is -2.75. The molecule has 1 aromatic heterocycles. The second kappa shape index (κ2) is 6.57. The van der Waals surface area contributed by atoms with Gasteiger partial charge in [0, 0.05) is 5.39 Å². The topological polar surface area (TPSA) is 51.5 Å². The Kier molecular flexibility index (Phi) is 4.33. The molecule has 4 heteroatoms. The standard InChI is InChI=1S/C19H19NO3/c1-13(18-12-15-7-3-4-9-17(15)23-18)20-19(21)11-14-6-5-8-16(10-14)22-2/h3-10,12-13H,11H2,1-2H3,(H,20,21)/t13-/m1/s1. The van der Waals surface area contributed by atoms with E-state index in [1.54, 1.807) is 7.11 Å². The summed E-state index contributed by atoms with van der Waals surface area (Å²) in [5.41, 5.74) is 1.75. The Bertz CT molecular complexity index is 789. The molecule has 1 amide bonds. The minimum absolute atomic E-state index is 0.0498. The minimum Gasteiger partial charge on any atom is -0.497 e. The number of carbonyl (C=O) groups is 1. The summed E-state index contributed by atoms with van der Waals surface area (Å²) in [6.07, 6.45) is 0.307. The number of nitrogens with one attached hydrogen (secondary N) is 1. The van der Waals surface area contributed by atoms with Crippen molar-refractivity contribution in [2.75, 3.05) is 7.11 Å². The molecule has 0 saturated carbocycles. The van der Waals surface area contributed by atoms with Gasteiger partial charge in [0.25, 0.3) is 0 Å². The van der Waals surface area contributed by atoms with E-state index in [9.17, 15) is 4.79 Å². The van der Waals surface area contributed by atoms with E-state index < -0.39 is 0 Å². The number of furan rings is 1. The number of fused-ring (bicyclic) bond motifs is 1. The lowest BCUT2D eigenvalue weighted by atomic mass is 10.1. The summed E-state index contributed by atoms with van der Waals surface area (Å²) in [7, 11) is 1.61. The predicted octanol–water partition coefficient (Wildman–Crippen LogP) is 3.86. The van der Waals surface area contributed by atoms with Crippen molar-refractivity contribution in [3.8, 4) is 5.75 Å². The van der Waals surface area contributed by atoms with Crippen LogP contribution in [0, 0.1) is 0 Å². The Balaban J connectivity index is 1.66. The maximum Gasteiger partial charge on any atom is 0.225 e. The van der Waals surface area contributed by atoms with E-state index in [0.717, 1.165) is 28.0 Å². The van der Waals surface area contributed by atoms with Crippen molar-refractivity contribution in [1.29, 1.82) is 0 Å². The van der Waals surface area contributed by atoms with Crippen molar-refractivity contribution >= 4 is 16.9 Å². The Morgan fingerprint density at radius 3 is 2.78 bits per heavy atom. The molecule has 0 spiro atoms. The van der Waals surface area contributed by atoms with E-state index in [4.69, 9.17) is 9.15 Å². The fourth-order valence-corrected chi connectivity index (χ4v) is 2.55. The van der Waals surface area contributed by atoms with E-state index in [1.165, 1.54) is 0 Å². The highest BCUT2D eigenvalue weighted by Gasteiger charge is 2.14. The van der Waals surface area contributed by atoms with Crippen molar-refractivity contribution < 1.29 is 13.9 Å². The van der Waals surface area contributed by atoms with Gasteiger partial charge in [0.05, 0.1) is 19.6 Å². The highest BCUT2D eigenvalue weighted by atomic mass is 16.5. The van der Waals surface area contributed by atoms with Crippen molar-refractivity contribution in [1.82, 2.24) is 5.32 Å². The maximum atomic E-state index is 12.2. The molecule has 23 heavy (non-hydrogen) atoms. The summed E-state index contributed by atoms with van der Waals surface area (Å²) < 4.78 is 11.0. The molecule has 0 aliphatic heterocycles. The first-order valence-corrected chi connectivity index (χ1v) is 7.56. The van der Waals surface area contributed by atoms with Crippen LogP contribution in [0.15, 0.2) is 59.0 Å². The summed E-state index contributed by atoms with van der Waals surface area (Å²) >= 11 is 0. The molecule has 1 N–H and O–H groups in total. The highest BCUT2D eigenvalue weighted by Crippen LogP contribution is 2.23. The first kappa shape index (κ1) is 15.2. The number of carbonyl (C=O) groups excluding carboxylic acids is 1. The number of methoxy groups -OCH3 is 1. The zero-order valence-corrected chi connectivity index (χ0v) is 13.2. The largest absolute Gasteiger partial charge is 0.497 e. The van der Waals surface area contributed by atoms with Gasteiger partial charge in [-0.3, -0.25) is 4.79 Å². The van der Waals surface area contributed by atoms with Gasteiger partial charge in [-0.25, -0.2) is 0 Å². The van der Waals surface area contributed by atoms with Gasteiger partial charge in [0.2, 0.25) is 5.91 Å². The average molecular weight is 309 g/mol. The number of amides is 1. The van der Waals surface area contributed by atoms with E-state index in [2.05, 4.69) is 5.32 Å². The van der Waals surface area contributed by atoms with Gasteiger partial charge in [-0.2, -0.15) is 0 Å². The van der Waals surface area contributed by atoms with Crippen LogP contribution in [0.1, 0.15) is 24.3 Å². The molecule has 0 bridgehead atoms. The van der Waals surface area contributed by atoms with Crippen LogP contribution >= 0.6 is 0 Å². The minimum atomic E-state index is -0.180. The molecule has 0 aliphatic rings. The fourth-order valence-electron chi connectivity index (χ4n) is 2.55. The molecule has 118 valence electrons. The lowest BCUT2D eigenvalue weighted by Gasteiger charge is -2.11. The average Bonchev–Trinajstić information content (AvgIpc) is 2.99. The molecule has 0 unspecified atom stereocenters. The van der Waals surface area contributed by atoms with Crippen molar-refractivity contribution in [3.05, 3.63) is 65.9 Å². The molecule has 3 aromatic rings. The van der Waals surface area contributed by atoms with Gasteiger partial charge < -0.3 is 14.5 Å². The van der Waals surface area contributed by atoms with Crippen molar-refractivity contribution in [3.63, 3.8) is 0 Å². The first-order chi connectivity index (χ1) is 11.2. The number of hydrogen-bond donors (Lipinski definition) is 1. The van der Waals surface area contributed by atoms with Gasteiger partial charge in [-0.05, 0) is 36.8 Å². The molecule has 0 saturated heterocycles. The van der Waals surface area contributed by atoms with Crippen LogP contribution in [0.3, 0.4) is 0 Å². The molecule has 1 heterocycles. The molecule has 0 aliphatic carbocycles. The number of rotatable bonds is 5. The molecular weight excluding hydrogens is 290 g/mol. The van der Waals surface area contributed by atoms with Gasteiger partial charge >= 0.3 is 0 Å². The number of hydrogen-bond acceptors (Lipinski definition) is 3. The zero-order valence-electron chi connectivity index (χ0n) is 13.2. The fraction of sp³-hybridized carbons (Fsp3) is 0.211.